The van der Waals surface area contributed by atoms with E-state index in [1.54, 1.807) is 11.3 Å². The Labute approximate surface area is 137 Å². The normalized spacial score (nSPS) is 12.4. The van der Waals surface area contributed by atoms with Gasteiger partial charge in [0, 0.05) is 4.88 Å². The topological polar surface area (TPSA) is 29.1 Å². The van der Waals surface area contributed by atoms with Gasteiger partial charge in [0.1, 0.15) is 0 Å². The third-order valence-corrected chi connectivity index (χ3v) is 6.00. The van der Waals surface area contributed by atoms with Gasteiger partial charge in [-0.1, -0.05) is 19.4 Å². The second kappa shape index (κ2) is 7.02. The van der Waals surface area contributed by atoms with Crippen molar-refractivity contribution < 1.29 is 4.79 Å². The van der Waals surface area contributed by atoms with Gasteiger partial charge < -0.3 is 5.32 Å². The number of carbonyl (C=O) groups excluding carboxylic acids is 1. The van der Waals surface area contributed by atoms with Crippen LogP contribution in [0.5, 0.6) is 0 Å². The van der Waals surface area contributed by atoms with Gasteiger partial charge in [-0.15, -0.1) is 22.7 Å². The van der Waals surface area contributed by atoms with Crippen LogP contribution in [0.4, 0.5) is 0 Å². The summed E-state index contributed by atoms with van der Waals surface area (Å²) in [7, 11) is 0. The molecule has 0 saturated carbocycles. The average Bonchev–Trinajstić information content (AvgIpc) is 2.98. The number of carbonyl (C=O) groups is 1. The summed E-state index contributed by atoms with van der Waals surface area (Å²) in [5.74, 6) is -0.0272. The number of halogens is 2. The first kappa shape index (κ1) is 15.2. The zero-order valence-electron chi connectivity index (χ0n) is 10.3. The lowest BCUT2D eigenvalue weighted by molar-refractivity contribution is 0.0935. The molecule has 0 radical (unpaired) electrons. The van der Waals surface area contributed by atoms with Crippen LogP contribution in [0, 0.1) is 0 Å². The Kier molecular flexibility index (Phi) is 5.62. The van der Waals surface area contributed by atoms with E-state index < -0.39 is 0 Å². The Bertz CT molecular complexity index is 551. The average molecular weight is 423 g/mol. The van der Waals surface area contributed by atoms with E-state index in [0.717, 1.165) is 20.4 Å². The predicted octanol–water partition coefficient (Wildman–Crippen LogP) is 5.61. The molecule has 0 spiro atoms. The zero-order chi connectivity index (χ0) is 13.8. The van der Waals surface area contributed by atoms with Gasteiger partial charge in [0.2, 0.25) is 0 Å². The van der Waals surface area contributed by atoms with Crippen LogP contribution in [-0.2, 0) is 0 Å². The molecule has 102 valence electrons. The molecule has 19 heavy (non-hydrogen) atoms. The van der Waals surface area contributed by atoms with Crippen LogP contribution >= 0.6 is 54.5 Å². The standard InChI is InChI=1S/C13H13Br2NOS2/c1-2-4-9(10-5-3-6-18-10)16-13(17)8-7-11(14)19-12(8)15/h3,5-7,9H,2,4H2,1H3,(H,16,17). The van der Waals surface area contributed by atoms with Crippen LogP contribution in [0.1, 0.15) is 41.0 Å². The van der Waals surface area contributed by atoms with Crippen molar-refractivity contribution in [2.24, 2.45) is 0 Å². The maximum Gasteiger partial charge on any atom is 0.253 e. The Morgan fingerprint density at radius 2 is 2.26 bits per heavy atom. The smallest absolute Gasteiger partial charge is 0.253 e. The van der Waals surface area contributed by atoms with Gasteiger partial charge in [-0.3, -0.25) is 4.79 Å². The molecule has 0 aliphatic carbocycles. The van der Waals surface area contributed by atoms with Crippen LogP contribution in [0.25, 0.3) is 0 Å². The molecule has 2 nitrogen and oxygen atoms in total. The summed E-state index contributed by atoms with van der Waals surface area (Å²) < 4.78 is 1.81. The molecule has 0 aliphatic rings. The van der Waals surface area contributed by atoms with Crippen LogP contribution in [0.15, 0.2) is 31.2 Å². The lowest BCUT2D eigenvalue weighted by atomic mass is 10.1. The minimum atomic E-state index is -0.0272. The lowest BCUT2D eigenvalue weighted by Crippen LogP contribution is -2.27. The summed E-state index contributed by atoms with van der Waals surface area (Å²) in [5, 5.41) is 5.16. The number of thiophene rings is 2. The number of amides is 1. The number of hydrogen-bond acceptors (Lipinski definition) is 3. The molecule has 0 aliphatic heterocycles. The van der Waals surface area contributed by atoms with Gasteiger partial charge in [-0.25, -0.2) is 0 Å². The molecule has 0 saturated heterocycles. The Morgan fingerprint density at radius 1 is 1.47 bits per heavy atom. The van der Waals surface area contributed by atoms with E-state index in [-0.39, 0.29) is 11.9 Å². The molecule has 2 heterocycles. The molecule has 1 amide bonds. The van der Waals surface area contributed by atoms with Gasteiger partial charge in [-0.05, 0) is 55.8 Å². The summed E-state index contributed by atoms with van der Waals surface area (Å²) in [4.78, 5) is 13.5. The van der Waals surface area contributed by atoms with Crippen molar-refractivity contribution >= 4 is 60.4 Å². The van der Waals surface area contributed by atoms with E-state index >= 15 is 0 Å². The minimum absolute atomic E-state index is 0.0272. The molecule has 1 unspecified atom stereocenters. The largest absolute Gasteiger partial charge is 0.344 e. The van der Waals surface area contributed by atoms with Gasteiger partial charge >= 0.3 is 0 Å². The molecule has 0 aromatic carbocycles. The lowest BCUT2D eigenvalue weighted by Gasteiger charge is -2.16. The van der Waals surface area contributed by atoms with E-state index in [9.17, 15) is 4.79 Å². The third kappa shape index (κ3) is 3.90. The first-order chi connectivity index (χ1) is 9.11. The van der Waals surface area contributed by atoms with Crippen molar-refractivity contribution in [2.45, 2.75) is 25.8 Å². The summed E-state index contributed by atoms with van der Waals surface area (Å²) >= 11 is 10.0. The van der Waals surface area contributed by atoms with Crippen molar-refractivity contribution in [3.8, 4) is 0 Å². The fourth-order valence-corrected chi connectivity index (χ4v) is 5.40. The van der Waals surface area contributed by atoms with Crippen LogP contribution in [0.3, 0.4) is 0 Å². The molecule has 0 bridgehead atoms. The fourth-order valence-electron chi connectivity index (χ4n) is 1.79. The van der Waals surface area contributed by atoms with Gasteiger partial charge in [0.15, 0.2) is 0 Å². The summed E-state index contributed by atoms with van der Waals surface area (Å²) in [5.41, 5.74) is 0.689. The molecule has 2 aromatic rings. The van der Waals surface area contributed by atoms with E-state index in [1.807, 2.05) is 17.5 Å². The molecule has 2 rings (SSSR count). The van der Waals surface area contributed by atoms with E-state index in [2.05, 4.69) is 50.2 Å². The first-order valence-corrected chi connectivity index (χ1v) is 9.19. The van der Waals surface area contributed by atoms with Crippen molar-refractivity contribution in [1.29, 1.82) is 0 Å². The molecule has 6 heteroatoms. The summed E-state index contributed by atoms with van der Waals surface area (Å²) in [6, 6.07) is 6.04. The predicted molar refractivity (Wildman–Crippen MR) is 89.2 cm³/mol. The van der Waals surface area contributed by atoms with Gasteiger partial charge in [-0.2, -0.15) is 0 Å². The molecule has 1 N–H and O–H groups in total. The highest BCUT2D eigenvalue weighted by Crippen LogP contribution is 2.32. The van der Waals surface area contributed by atoms with E-state index in [1.165, 1.54) is 16.2 Å². The highest BCUT2D eigenvalue weighted by molar-refractivity contribution is 9.12. The monoisotopic (exact) mass is 421 g/mol. The quantitative estimate of drug-likeness (QED) is 0.666. The Balaban J connectivity index is 2.13. The second-order valence-electron chi connectivity index (χ2n) is 4.07. The van der Waals surface area contributed by atoms with Crippen LogP contribution in [-0.4, -0.2) is 5.91 Å². The third-order valence-electron chi connectivity index (χ3n) is 2.67. The SMILES string of the molecule is CCCC(NC(=O)c1cc(Br)sc1Br)c1cccs1. The summed E-state index contributed by atoms with van der Waals surface area (Å²) in [6.45, 7) is 2.13. The number of hydrogen-bond donors (Lipinski definition) is 1. The highest BCUT2D eigenvalue weighted by Gasteiger charge is 2.19. The van der Waals surface area contributed by atoms with E-state index in [4.69, 9.17) is 0 Å². The molecular weight excluding hydrogens is 410 g/mol. The van der Waals surface area contributed by atoms with Gasteiger partial charge in [0.25, 0.3) is 5.91 Å². The molecule has 1 atom stereocenters. The second-order valence-corrected chi connectivity index (χ2v) is 8.80. The van der Waals surface area contributed by atoms with Crippen molar-refractivity contribution in [2.75, 3.05) is 0 Å². The maximum absolute atomic E-state index is 12.3. The van der Waals surface area contributed by atoms with Gasteiger partial charge in [0.05, 0.1) is 19.2 Å². The molecule has 0 fully saturated rings. The molecular formula is C13H13Br2NOS2. The Morgan fingerprint density at radius 3 is 2.79 bits per heavy atom. The first-order valence-electron chi connectivity index (χ1n) is 5.91. The number of nitrogens with one attached hydrogen (secondary N) is 1. The minimum Gasteiger partial charge on any atom is -0.344 e. The summed E-state index contributed by atoms with van der Waals surface area (Å²) in [6.07, 6.45) is 1.99. The van der Waals surface area contributed by atoms with Crippen molar-refractivity contribution in [3.05, 3.63) is 41.6 Å². The maximum atomic E-state index is 12.3. The number of rotatable bonds is 5. The Hall–Kier alpha value is -0.170. The van der Waals surface area contributed by atoms with Crippen molar-refractivity contribution in [3.63, 3.8) is 0 Å². The van der Waals surface area contributed by atoms with Crippen LogP contribution < -0.4 is 5.32 Å². The fraction of sp³-hybridized carbons (Fsp3) is 0.308. The van der Waals surface area contributed by atoms with Crippen molar-refractivity contribution in [1.82, 2.24) is 5.32 Å². The van der Waals surface area contributed by atoms with Crippen LogP contribution in [0.2, 0.25) is 0 Å². The van der Waals surface area contributed by atoms with E-state index in [0.29, 0.717) is 5.56 Å². The highest BCUT2D eigenvalue weighted by atomic mass is 79.9. The zero-order valence-corrected chi connectivity index (χ0v) is 15.1. The molecule has 2 aromatic heterocycles.